The molecule has 3 rings (SSSR count). The first kappa shape index (κ1) is 27.6. The number of hydrogen-bond donors (Lipinski definition) is 2. The van der Waals surface area contributed by atoms with E-state index in [-0.39, 0.29) is 18.2 Å². The molecule has 36 heavy (non-hydrogen) atoms. The molecular formula is C27H38N4O4Si. The Bertz CT molecular complexity index is 1040. The van der Waals surface area contributed by atoms with E-state index in [1.54, 1.807) is 33.2 Å². The van der Waals surface area contributed by atoms with E-state index in [9.17, 15) is 9.90 Å². The Morgan fingerprint density at radius 1 is 0.944 bits per heavy atom. The number of hydrogen-bond acceptors (Lipinski definition) is 6. The van der Waals surface area contributed by atoms with Crippen LogP contribution in [0.1, 0.15) is 41.5 Å². The summed E-state index contributed by atoms with van der Waals surface area (Å²) < 4.78 is 12.3. The van der Waals surface area contributed by atoms with Crippen molar-refractivity contribution >= 4 is 24.8 Å². The number of benzene rings is 2. The zero-order valence-electron chi connectivity index (χ0n) is 22.0. The summed E-state index contributed by atoms with van der Waals surface area (Å²) in [7, 11) is -2.86. The van der Waals surface area contributed by atoms with Gasteiger partial charge >= 0.3 is 6.09 Å². The third-order valence-corrected chi connectivity index (χ3v) is 10.9. The molecule has 0 aliphatic carbocycles. The predicted molar refractivity (Wildman–Crippen MR) is 143 cm³/mol. The summed E-state index contributed by atoms with van der Waals surface area (Å²) in [5.41, 5.74) is -0.672. The molecule has 194 valence electrons. The number of nitrogens with zero attached hydrogens (tertiary/aromatic N) is 3. The van der Waals surface area contributed by atoms with Gasteiger partial charge in [-0.2, -0.15) is 15.0 Å². The average molecular weight is 511 g/mol. The molecule has 0 saturated carbocycles. The highest BCUT2D eigenvalue weighted by atomic mass is 28.4. The molecule has 8 nitrogen and oxygen atoms in total. The summed E-state index contributed by atoms with van der Waals surface area (Å²) in [6.07, 6.45) is 1.44. The van der Waals surface area contributed by atoms with E-state index in [1.807, 2.05) is 36.4 Å². The van der Waals surface area contributed by atoms with E-state index in [2.05, 4.69) is 60.6 Å². The van der Waals surface area contributed by atoms with Gasteiger partial charge < -0.3 is 19.6 Å². The van der Waals surface area contributed by atoms with E-state index in [0.717, 1.165) is 10.4 Å². The minimum atomic E-state index is -2.86. The number of alkyl carbamates (subject to hydrolysis) is 1. The highest BCUT2D eigenvalue weighted by Gasteiger charge is 2.50. The average Bonchev–Trinajstić information content (AvgIpc) is 3.31. The van der Waals surface area contributed by atoms with Crippen LogP contribution in [0.5, 0.6) is 0 Å². The van der Waals surface area contributed by atoms with Gasteiger partial charge in [-0.3, -0.25) is 0 Å². The van der Waals surface area contributed by atoms with Crippen LogP contribution in [0.3, 0.4) is 0 Å². The van der Waals surface area contributed by atoms with Crippen molar-refractivity contribution in [3.63, 3.8) is 0 Å². The second kappa shape index (κ2) is 11.4. The second-order valence-corrected chi connectivity index (χ2v) is 15.2. The Labute approximate surface area is 214 Å². The summed E-state index contributed by atoms with van der Waals surface area (Å²) in [5, 5.41) is 24.4. The van der Waals surface area contributed by atoms with Crippen molar-refractivity contribution in [3.05, 3.63) is 73.1 Å². The summed E-state index contributed by atoms with van der Waals surface area (Å²) in [6, 6.07) is 19.7. The number of aromatic nitrogens is 3. The first-order valence-corrected chi connectivity index (χ1v) is 14.1. The standard InChI is InChI=1S/C27H38N4O4Si/c1-26(2,3)35-25(33)30-23(19-31-28-17-18-29-31)24(32)20-34-36(27(4,5)6,21-13-9-7-10-14-21)22-15-11-8-12-16-22/h7-18,23-24,32H,19-20H2,1-6H3,(H,30,33). The predicted octanol–water partition coefficient (Wildman–Crippen LogP) is 3.11. The van der Waals surface area contributed by atoms with Gasteiger partial charge in [-0.25, -0.2) is 4.79 Å². The number of amides is 1. The smallest absolute Gasteiger partial charge is 0.408 e. The van der Waals surface area contributed by atoms with E-state index in [0.29, 0.717) is 0 Å². The fraction of sp³-hybridized carbons (Fsp3) is 0.444. The molecule has 0 spiro atoms. The Hall–Kier alpha value is -3.01. The first-order chi connectivity index (χ1) is 16.9. The van der Waals surface area contributed by atoms with Crippen molar-refractivity contribution in [2.24, 2.45) is 0 Å². The van der Waals surface area contributed by atoms with Crippen molar-refractivity contribution in [2.45, 2.75) is 70.9 Å². The Morgan fingerprint density at radius 2 is 1.44 bits per heavy atom. The molecule has 3 aromatic rings. The van der Waals surface area contributed by atoms with Crippen molar-refractivity contribution in [2.75, 3.05) is 6.61 Å². The minimum absolute atomic E-state index is 0.00894. The lowest BCUT2D eigenvalue weighted by molar-refractivity contribution is 0.0299. The van der Waals surface area contributed by atoms with Gasteiger partial charge in [-0.05, 0) is 36.2 Å². The molecule has 2 aromatic carbocycles. The van der Waals surface area contributed by atoms with E-state index in [1.165, 1.54) is 4.80 Å². The molecule has 1 amide bonds. The maximum atomic E-state index is 12.6. The van der Waals surface area contributed by atoms with Crippen LogP contribution in [0, 0.1) is 0 Å². The monoisotopic (exact) mass is 510 g/mol. The fourth-order valence-electron chi connectivity index (χ4n) is 4.32. The summed E-state index contributed by atoms with van der Waals surface area (Å²) in [5.74, 6) is 0. The third-order valence-electron chi connectivity index (χ3n) is 5.88. The van der Waals surface area contributed by atoms with Crippen LogP contribution in [0.4, 0.5) is 4.79 Å². The topological polar surface area (TPSA) is 98.5 Å². The van der Waals surface area contributed by atoms with Crippen LogP contribution in [-0.2, 0) is 15.7 Å². The second-order valence-electron chi connectivity index (χ2n) is 10.9. The molecule has 1 heterocycles. The number of aliphatic hydroxyl groups is 1. The lowest BCUT2D eigenvalue weighted by Gasteiger charge is -2.43. The molecule has 2 atom stereocenters. The highest BCUT2D eigenvalue weighted by Crippen LogP contribution is 2.36. The molecule has 9 heteroatoms. The fourth-order valence-corrected chi connectivity index (χ4v) is 8.90. The molecule has 0 fully saturated rings. The lowest BCUT2D eigenvalue weighted by atomic mass is 10.1. The van der Waals surface area contributed by atoms with Crippen LogP contribution < -0.4 is 15.7 Å². The maximum absolute atomic E-state index is 12.6. The summed E-state index contributed by atoms with van der Waals surface area (Å²) in [4.78, 5) is 14.0. The largest absolute Gasteiger partial charge is 0.444 e. The maximum Gasteiger partial charge on any atom is 0.408 e. The van der Waals surface area contributed by atoms with Gasteiger partial charge in [0.05, 0.1) is 37.7 Å². The number of carbonyl (C=O) groups is 1. The Morgan fingerprint density at radius 3 is 1.89 bits per heavy atom. The van der Waals surface area contributed by atoms with Crippen LogP contribution in [0.2, 0.25) is 5.04 Å². The molecule has 2 unspecified atom stereocenters. The molecule has 0 bridgehead atoms. The molecular weight excluding hydrogens is 472 g/mol. The third kappa shape index (κ3) is 6.81. The van der Waals surface area contributed by atoms with Crippen molar-refractivity contribution < 1.29 is 19.1 Å². The Kier molecular flexibility index (Phi) is 8.70. The molecule has 0 aliphatic rings. The lowest BCUT2D eigenvalue weighted by Crippen LogP contribution is -2.67. The van der Waals surface area contributed by atoms with E-state index in [4.69, 9.17) is 9.16 Å². The summed E-state index contributed by atoms with van der Waals surface area (Å²) in [6.45, 7) is 12.1. The minimum Gasteiger partial charge on any atom is -0.444 e. The van der Waals surface area contributed by atoms with Crippen molar-refractivity contribution in [1.82, 2.24) is 20.3 Å². The normalized spacial score (nSPS) is 14.2. The Balaban J connectivity index is 1.92. The van der Waals surface area contributed by atoms with Gasteiger partial charge in [-0.1, -0.05) is 81.4 Å². The van der Waals surface area contributed by atoms with Crippen LogP contribution in [0.15, 0.2) is 73.1 Å². The molecule has 2 N–H and O–H groups in total. The van der Waals surface area contributed by atoms with Gasteiger partial charge in [0.15, 0.2) is 0 Å². The number of aliphatic hydroxyl groups excluding tert-OH is 1. The number of nitrogens with one attached hydrogen (secondary N) is 1. The van der Waals surface area contributed by atoms with Crippen molar-refractivity contribution in [3.8, 4) is 0 Å². The van der Waals surface area contributed by atoms with Crippen molar-refractivity contribution in [1.29, 1.82) is 0 Å². The first-order valence-electron chi connectivity index (χ1n) is 12.2. The van der Waals surface area contributed by atoms with Gasteiger partial charge in [0, 0.05) is 0 Å². The van der Waals surface area contributed by atoms with Gasteiger partial charge in [0.25, 0.3) is 8.32 Å². The zero-order valence-corrected chi connectivity index (χ0v) is 23.0. The zero-order chi connectivity index (χ0) is 26.4. The highest BCUT2D eigenvalue weighted by molar-refractivity contribution is 6.99. The summed E-state index contributed by atoms with van der Waals surface area (Å²) >= 11 is 0. The van der Waals surface area contributed by atoms with Gasteiger partial charge in [0.2, 0.25) is 0 Å². The number of ether oxygens (including phenoxy) is 1. The number of rotatable bonds is 9. The molecule has 1 aromatic heterocycles. The van der Waals surface area contributed by atoms with Crippen LogP contribution in [-0.4, -0.2) is 58.9 Å². The van der Waals surface area contributed by atoms with Gasteiger partial charge in [0.1, 0.15) is 5.60 Å². The van der Waals surface area contributed by atoms with Gasteiger partial charge in [-0.15, -0.1) is 0 Å². The molecule has 0 saturated heterocycles. The molecule has 0 aliphatic heterocycles. The van der Waals surface area contributed by atoms with Crippen LogP contribution in [0.25, 0.3) is 0 Å². The SMILES string of the molecule is CC(C)(C)OC(=O)NC(Cn1nccn1)C(O)CO[Si](c1ccccc1)(c1ccccc1)C(C)(C)C. The quantitative estimate of drug-likeness (QED) is 0.429. The molecule has 0 radical (unpaired) electrons. The van der Waals surface area contributed by atoms with E-state index >= 15 is 0 Å². The number of carbonyl (C=O) groups excluding carboxylic acids is 1. The van der Waals surface area contributed by atoms with E-state index < -0.39 is 32.2 Å². The van der Waals surface area contributed by atoms with Crippen LogP contribution >= 0.6 is 0 Å².